The zero-order valence-electron chi connectivity index (χ0n) is 17.2. The van der Waals surface area contributed by atoms with Gasteiger partial charge in [0.15, 0.2) is 11.6 Å². The van der Waals surface area contributed by atoms with Gasteiger partial charge in [0.1, 0.15) is 11.3 Å². The smallest absolute Gasteiger partial charge is 0.203 e. The largest absolute Gasteiger partial charge is 0.351 e. The average Bonchev–Trinajstić information content (AvgIpc) is 3.32. The van der Waals surface area contributed by atoms with Crippen molar-refractivity contribution in [2.45, 2.75) is 33.1 Å². The monoisotopic (exact) mass is 391 g/mol. The average molecular weight is 391 g/mol. The molecule has 1 aliphatic rings. The summed E-state index contributed by atoms with van der Waals surface area (Å²) < 4.78 is 3.92. The predicted octanol–water partition coefficient (Wildman–Crippen LogP) is 2.10. The molecule has 1 aliphatic heterocycles. The van der Waals surface area contributed by atoms with Crippen molar-refractivity contribution in [1.82, 2.24) is 34.2 Å². The lowest BCUT2D eigenvalue weighted by molar-refractivity contribution is 0.562. The summed E-state index contributed by atoms with van der Waals surface area (Å²) in [7, 11) is 0. The lowest BCUT2D eigenvalue weighted by Crippen LogP contribution is -2.47. The molecule has 1 saturated heterocycles. The van der Waals surface area contributed by atoms with Gasteiger partial charge in [-0.1, -0.05) is 20.8 Å². The van der Waals surface area contributed by atoms with Crippen molar-refractivity contribution in [2.75, 3.05) is 36.0 Å². The standard InChI is InChI=1S/C20H25N9/c1-14-23-24-19-18(22-5-7-28(14)19)27-11-9-26(10-12-27)17-15-13-16(20(2,3)4)25-29(15)8-6-21-17/h5-8,13H,9-12H2,1-4H3. The molecular weight excluding hydrogens is 366 g/mol. The number of nitrogens with zero attached hydrogens (tertiary/aromatic N) is 9. The van der Waals surface area contributed by atoms with E-state index >= 15 is 0 Å². The second-order valence-electron chi connectivity index (χ2n) is 8.53. The maximum atomic E-state index is 4.75. The van der Waals surface area contributed by atoms with E-state index in [4.69, 9.17) is 5.10 Å². The molecule has 0 aromatic carbocycles. The van der Waals surface area contributed by atoms with Gasteiger partial charge >= 0.3 is 0 Å². The van der Waals surface area contributed by atoms with Crippen molar-refractivity contribution in [3.05, 3.63) is 42.4 Å². The maximum absolute atomic E-state index is 4.75. The number of fused-ring (bicyclic) bond motifs is 2. The Morgan fingerprint density at radius 1 is 0.862 bits per heavy atom. The Hall–Kier alpha value is -3.23. The molecule has 0 unspecified atom stereocenters. The van der Waals surface area contributed by atoms with Crippen molar-refractivity contribution < 1.29 is 0 Å². The number of rotatable bonds is 2. The third kappa shape index (κ3) is 2.97. The van der Waals surface area contributed by atoms with Crippen LogP contribution < -0.4 is 9.80 Å². The maximum Gasteiger partial charge on any atom is 0.203 e. The first-order valence-corrected chi connectivity index (χ1v) is 9.93. The first kappa shape index (κ1) is 17.8. The van der Waals surface area contributed by atoms with Crippen LogP contribution in [0.5, 0.6) is 0 Å². The fraction of sp³-hybridized carbons (Fsp3) is 0.450. The van der Waals surface area contributed by atoms with E-state index < -0.39 is 0 Å². The fourth-order valence-electron chi connectivity index (χ4n) is 3.80. The van der Waals surface area contributed by atoms with Crippen LogP contribution in [0.15, 0.2) is 30.9 Å². The minimum atomic E-state index is 0.00269. The van der Waals surface area contributed by atoms with E-state index in [-0.39, 0.29) is 5.41 Å². The van der Waals surface area contributed by atoms with Crippen molar-refractivity contribution in [3.63, 3.8) is 0 Å². The van der Waals surface area contributed by atoms with Crippen molar-refractivity contribution in [1.29, 1.82) is 0 Å². The highest BCUT2D eigenvalue weighted by Gasteiger charge is 2.25. The number of anilines is 2. The lowest BCUT2D eigenvalue weighted by Gasteiger charge is -2.36. The number of hydrogen-bond acceptors (Lipinski definition) is 7. The molecular formula is C20H25N9. The summed E-state index contributed by atoms with van der Waals surface area (Å²) in [5.41, 5.74) is 2.94. The molecule has 9 nitrogen and oxygen atoms in total. The Morgan fingerprint density at radius 2 is 1.52 bits per heavy atom. The van der Waals surface area contributed by atoms with Crippen LogP contribution in [0.1, 0.15) is 32.3 Å². The van der Waals surface area contributed by atoms with Crippen molar-refractivity contribution in [2.24, 2.45) is 0 Å². The third-order valence-electron chi connectivity index (χ3n) is 5.50. The van der Waals surface area contributed by atoms with E-state index in [9.17, 15) is 0 Å². The summed E-state index contributed by atoms with van der Waals surface area (Å²) in [5.74, 6) is 2.74. The third-order valence-corrected chi connectivity index (χ3v) is 5.50. The molecule has 4 aromatic rings. The number of piperazine rings is 1. The van der Waals surface area contributed by atoms with Gasteiger partial charge in [0, 0.05) is 56.4 Å². The van der Waals surface area contributed by atoms with Gasteiger partial charge in [-0.2, -0.15) is 5.10 Å². The first-order valence-electron chi connectivity index (χ1n) is 9.93. The summed E-state index contributed by atoms with van der Waals surface area (Å²) in [6, 6.07) is 2.16. The molecule has 0 saturated carbocycles. The lowest BCUT2D eigenvalue weighted by atomic mass is 9.92. The predicted molar refractivity (Wildman–Crippen MR) is 112 cm³/mol. The van der Waals surface area contributed by atoms with Gasteiger partial charge in [-0.3, -0.25) is 4.40 Å². The van der Waals surface area contributed by atoms with E-state index in [1.54, 1.807) is 0 Å². The van der Waals surface area contributed by atoms with Gasteiger partial charge in [-0.25, -0.2) is 14.5 Å². The SMILES string of the molecule is Cc1nnc2c(N3CCN(c4nccn5nc(C(C)(C)C)cc45)CC3)nccn12. The van der Waals surface area contributed by atoms with Crippen LogP contribution in [0.2, 0.25) is 0 Å². The quantitative estimate of drug-likeness (QED) is 0.518. The summed E-state index contributed by atoms with van der Waals surface area (Å²) >= 11 is 0. The zero-order valence-corrected chi connectivity index (χ0v) is 17.2. The van der Waals surface area contributed by atoms with Gasteiger partial charge in [-0.05, 0) is 13.0 Å². The van der Waals surface area contributed by atoms with Crippen molar-refractivity contribution >= 4 is 22.8 Å². The summed E-state index contributed by atoms with van der Waals surface area (Å²) in [6.45, 7) is 11.9. The Balaban J connectivity index is 1.41. The summed E-state index contributed by atoms with van der Waals surface area (Å²) in [6.07, 6.45) is 7.47. The number of aryl methyl sites for hydroxylation is 1. The van der Waals surface area contributed by atoms with Gasteiger partial charge in [0.25, 0.3) is 0 Å². The second-order valence-corrected chi connectivity index (χ2v) is 8.53. The highest BCUT2D eigenvalue weighted by molar-refractivity contribution is 5.70. The van der Waals surface area contributed by atoms with Gasteiger partial charge < -0.3 is 9.80 Å². The highest BCUT2D eigenvalue weighted by Crippen LogP contribution is 2.27. The van der Waals surface area contributed by atoms with Gasteiger partial charge in [-0.15, -0.1) is 10.2 Å². The van der Waals surface area contributed by atoms with E-state index in [0.717, 1.165) is 60.5 Å². The van der Waals surface area contributed by atoms with Crippen LogP contribution in [-0.4, -0.2) is 60.4 Å². The van der Waals surface area contributed by atoms with E-state index in [0.29, 0.717) is 0 Å². The molecule has 0 N–H and O–H groups in total. The van der Waals surface area contributed by atoms with Crippen LogP contribution in [0.4, 0.5) is 11.6 Å². The van der Waals surface area contributed by atoms with Crippen LogP contribution in [0.25, 0.3) is 11.2 Å². The number of aromatic nitrogens is 7. The van der Waals surface area contributed by atoms with Crippen LogP contribution >= 0.6 is 0 Å². The summed E-state index contributed by atoms with van der Waals surface area (Å²) in [4.78, 5) is 13.9. The molecule has 0 amide bonds. The Morgan fingerprint density at radius 3 is 2.24 bits per heavy atom. The van der Waals surface area contributed by atoms with Crippen LogP contribution in [0, 0.1) is 6.92 Å². The fourth-order valence-corrected chi connectivity index (χ4v) is 3.80. The van der Waals surface area contributed by atoms with E-state index in [2.05, 4.69) is 56.8 Å². The first-order chi connectivity index (χ1) is 13.9. The van der Waals surface area contributed by atoms with E-state index in [1.165, 1.54) is 0 Å². The number of hydrogen-bond donors (Lipinski definition) is 0. The molecule has 0 bridgehead atoms. The molecule has 150 valence electrons. The van der Waals surface area contributed by atoms with Gasteiger partial charge in [0.05, 0.1) is 5.69 Å². The minimum Gasteiger partial charge on any atom is -0.351 e. The molecule has 0 aliphatic carbocycles. The van der Waals surface area contributed by atoms with Crippen LogP contribution in [-0.2, 0) is 5.41 Å². The summed E-state index contributed by atoms with van der Waals surface area (Å²) in [5, 5.41) is 13.2. The molecule has 1 fully saturated rings. The Labute approximate surface area is 169 Å². The minimum absolute atomic E-state index is 0.00269. The highest BCUT2D eigenvalue weighted by atomic mass is 15.3. The molecule has 5 rings (SSSR count). The molecule has 0 spiro atoms. The van der Waals surface area contributed by atoms with E-state index in [1.807, 2.05) is 40.6 Å². The molecule has 4 aromatic heterocycles. The van der Waals surface area contributed by atoms with Gasteiger partial charge in [0.2, 0.25) is 5.65 Å². The van der Waals surface area contributed by atoms with Crippen molar-refractivity contribution in [3.8, 4) is 0 Å². The molecule has 0 atom stereocenters. The second kappa shape index (κ2) is 6.40. The molecule has 9 heteroatoms. The van der Waals surface area contributed by atoms with Crippen LogP contribution in [0.3, 0.4) is 0 Å². The molecule has 0 radical (unpaired) electrons. The molecule has 5 heterocycles. The zero-order chi connectivity index (χ0) is 20.2. The molecule has 29 heavy (non-hydrogen) atoms. The Bertz CT molecular complexity index is 1180. The topological polar surface area (TPSA) is 79.8 Å². The Kier molecular flexibility index (Phi) is 3.94. The normalized spacial score (nSPS) is 15.6.